The van der Waals surface area contributed by atoms with Gasteiger partial charge in [-0.15, -0.1) is 0 Å². The minimum atomic E-state index is -1.95. The second-order valence-electron chi connectivity index (χ2n) is 8.21. The first-order valence-electron chi connectivity index (χ1n) is 9.27. The molecule has 0 bridgehead atoms. The molecule has 1 aromatic rings. The smallest absolute Gasteiger partial charge is 0.328 e. The van der Waals surface area contributed by atoms with Crippen molar-refractivity contribution in [2.75, 3.05) is 19.0 Å². The molecule has 2 N–H and O–H groups in total. The van der Waals surface area contributed by atoms with E-state index in [9.17, 15) is 14.4 Å². The molecule has 0 aliphatic rings. The van der Waals surface area contributed by atoms with Crippen LogP contribution in [0.1, 0.15) is 44.5 Å². The summed E-state index contributed by atoms with van der Waals surface area (Å²) in [5.41, 5.74) is 0.849. The Balaban J connectivity index is 2.80. The summed E-state index contributed by atoms with van der Waals surface area (Å²) >= 11 is 0. The van der Waals surface area contributed by atoms with Crippen LogP contribution in [0, 0.1) is 0 Å². The van der Waals surface area contributed by atoms with Gasteiger partial charge in [0.15, 0.2) is 8.32 Å². The van der Waals surface area contributed by atoms with Gasteiger partial charge in [-0.1, -0.05) is 26.8 Å². The van der Waals surface area contributed by atoms with E-state index >= 15 is 0 Å². The molecule has 0 unspecified atom stereocenters. The maximum absolute atomic E-state index is 12.6. The van der Waals surface area contributed by atoms with Crippen molar-refractivity contribution in [3.05, 3.63) is 29.8 Å². The van der Waals surface area contributed by atoms with Crippen LogP contribution in [0.5, 0.6) is 0 Å². The van der Waals surface area contributed by atoms with Crippen LogP contribution in [-0.4, -0.2) is 45.9 Å². The van der Waals surface area contributed by atoms with Crippen molar-refractivity contribution in [2.24, 2.45) is 0 Å². The molecule has 1 atom stereocenters. The number of hydrogen-bond acceptors (Lipinski definition) is 5. The number of anilines is 1. The molecular formula is C20H32N2O5Si. The molecule has 0 fully saturated rings. The maximum atomic E-state index is 12.6. The van der Waals surface area contributed by atoms with Crippen molar-refractivity contribution in [3.63, 3.8) is 0 Å². The number of benzene rings is 1. The van der Waals surface area contributed by atoms with E-state index in [4.69, 9.17) is 9.16 Å². The molecule has 0 aromatic heterocycles. The lowest BCUT2D eigenvalue weighted by atomic mass is 10.1. The average molecular weight is 409 g/mol. The lowest BCUT2D eigenvalue weighted by Gasteiger charge is -2.36. The molecule has 0 saturated heterocycles. The van der Waals surface area contributed by atoms with E-state index in [-0.39, 0.29) is 10.9 Å². The largest absolute Gasteiger partial charge is 0.467 e. The lowest BCUT2D eigenvalue weighted by molar-refractivity contribution is -0.143. The number of esters is 1. The first kappa shape index (κ1) is 23.8. The number of carbonyl (C=O) groups excluding carboxylic acids is 3. The Labute approximate surface area is 168 Å². The fourth-order valence-electron chi connectivity index (χ4n) is 2.22. The summed E-state index contributed by atoms with van der Waals surface area (Å²) in [6.07, 6.45) is 0.316. The minimum Gasteiger partial charge on any atom is -0.467 e. The number of ether oxygens (including phenoxy) is 1. The van der Waals surface area contributed by atoms with Crippen molar-refractivity contribution in [1.29, 1.82) is 0 Å². The Kier molecular flexibility index (Phi) is 8.38. The monoisotopic (exact) mass is 408 g/mol. The summed E-state index contributed by atoms with van der Waals surface area (Å²) in [6.45, 7) is 12.4. The van der Waals surface area contributed by atoms with Gasteiger partial charge in [-0.3, -0.25) is 9.59 Å². The second-order valence-corrected chi connectivity index (χ2v) is 13.0. The number of rotatable bonds is 8. The van der Waals surface area contributed by atoms with Crippen molar-refractivity contribution < 1.29 is 23.5 Å². The number of hydrogen-bond donors (Lipinski definition) is 2. The second kappa shape index (κ2) is 9.84. The Morgan fingerprint density at radius 2 is 1.82 bits per heavy atom. The van der Waals surface area contributed by atoms with Gasteiger partial charge in [0, 0.05) is 31.2 Å². The third-order valence-electron chi connectivity index (χ3n) is 4.91. The highest BCUT2D eigenvalue weighted by Gasteiger charge is 2.37. The van der Waals surface area contributed by atoms with Gasteiger partial charge in [0.05, 0.1) is 7.11 Å². The zero-order chi connectivity index (χ0) is 21.5. The van der Waals surface area contributed by atoms with Crippen molar-refractivity contribution in [3.8, 4) is 0 Å². The van der Waals surface area contributed by atoms with Crippen LogP contribution in [0.3, 0.4) is 0 Å². The summed E-state index contributed by atoms with van der Waals surface area (Å²) < 4.78 is 10.9. The highest BCUT2D eigenvalue weighted by Crippen LogP contribution is 2.36. The van der Waals surface area contributed by atoms with Gasteiger partial charge in [-0.2, -0.15) is 0 Å². The van der Waals surface area contributed by atoms with Gasteiger partial charge in [-0.05, 0) is 36.3 Å². The van der Waals surface area contributed by atoms with E-state index in [1.165, 1.54) is 14.0 Å². The van der Waals surface area contributed by atoms with Crippen LogP contribution in [0.4, 0.5) is 5.69 Å². The molecule has 2 amide bonds. The summed E-state index contributed by atoms with van der Waals surface area (Å²) in [5, 5.41) is 5.38. The molecule has 7 nitrogen and oxygen atoms in total. The Hall–Kier alpha value is -2.19. The number of amides is 2. The zero-order valence-corrected chi connectivity index (χ0v) is 18.8. The van der Waals surface area contributed by atoms with Gasteiger partial charge < -0.3 is 19.8 Å². The van der Waals surface area contributed by atoms with Crippen LogP contribution in [0.25, 0.3) is 0 Å². The molecule has 8 heteroatoms. The molecule has 1 rings (SSSR count). The number of carbonyl (C=O) groups is 3. The van der Waals surface area contributed by atoms with Crippen LogP contribution >= 0.6 is 0 Å². The molecule has 28 heavy (non-hydrogen) atoms. The minimum absolute atomic E-state index is 0.0567. The summed E-state index contributed by atoms with van der Waals surface area (Å²) in [4.78, 5) is 35.9. The van der Waals surface area contributed by atoms with E-state index in [1.54, 1.807) is 24.3 Å². The standard InChI is InChI=1S/C20H32N2O5Si/c1-14(23)21-16-10-8-9-15(13-16)18(24)22-17(19(25)26-5)11-12-27-28(6,7)20(2,3)4/h8-10,13,17H,11-12H2,1-7H3,(H,21,23)(H,22,24)/t17-/m0/s1. The van der Waals surface area contributed by atoms with Crippen LogP contribution in [0.2, 0.25) is 18.1 Å². The molecular weight excluding hydrogens is 376 g/mol. The number of methoxy groups -OCH3 is 1. The van der Waals surface area contributed by atoms with E-state index < -0.39 is 26.2 Å². The molecule has 0 aliphatic carbocycles. The van der Waals surface area contributed by atoms with Gasteiger partial charge in [-0.25, -0.2) is 4.79 Å². The zero-order valence-electron chi connectivity index (χ0n) is 17.8. The average Bonchev–Trinajstić information content (AvgIpc) is 2.58. The third-order valence-corrected chi connectivity index (χ3v) is 9.45. The van der Waals surface area contributed by atoms with Crippen molar-refractivity contribution in [1.82, 2.24) is 5.32 Å². The number of nitrogens with one attached hydrogen (secondary N) is 2. The topological polar surface area (TPSA) is 93.7 Å². The van der Waals surface area contributed by atoms with E-state index in [1.807, 2.05) is 0 Å². The predicted octanol–water partition coefficient (Wildman–Crippen LogP) is 3.33. The van der Waals surface area contributed by atoms with Gasteiger partial charge in [0.25, 0.3) is 5.91 Å². The molecule has 0 saturated carbocycles. The quantitative estimate of drug-likeness (QED) is 0.508. The summed E-state index contributed by atoms with van der Waals surface area (Å²) in [7, 11) is -0.663. The SMILES string of the molecule is COC(=O)[C@H](CCO[Si](C)(C)C(C)(C)C)NC(=O)c1cccc(NC(C)=O)c1. The fraction of sp³-hybridized carbons (Fsp3) is 0.550. The highest BCUT2D eigenvalue weighted by molar-refractivity contribution is 6.74. The molecule has 1 aromatic carbocycles. The molecule has 0 heterocycles. The van der Waals surface area contributed by atoms with Gasteiger partial charge in [0.2, 0.25) is 5.91 Å². The maximum Gasteiger partial charge on any atom is 0.328 e. The van der Waals surface area contributed by atoms with Crippen molar-refractivity contribution >= 4 is 31.8 Å². The molecule has 156 valence electrons. The van der Waals surface area contributed by atoms with Gasteiger partial charge >= 0.3 is 5.97 Å². The normalized spacial score (nSPS) is 12.8. The van der Waals surface area contributed by atoms with Gasteiger partial charge in [0.1, 0.15) is 6.04 Å². The first-order chi connectivity index (χ1) is 12.9. The summed E-state index contributed by atoms with van der Waals surface area (Å²) in [6, 6.07) is 5.70. The fourth-order valence-corrected chi connectivity index (χ4v) is 3.28. The Morgan fingerprint density at radius 3 is 2.36 bits per heavy atom. The highest BCUT2D eigenvalue weighted by atomic mass is 28.4. The lowest BCUT2D eigenvalue weighted by Crippen LogP contribution is -2.45. The van der Waals surface area contributed by atoms with E-state index in [2.05, 4.69) is 44.5 Å². The van der Waals surface area contributed by atoms with E-state index in [0.717, 1.165) is 0 Å². The third kappa shape index (κ3) is 7.08. The predicted molar refractivity (Wildman–Crippen MR) is 112 cm³/mol. The first-order valence-corrected chi connectivity index (χ1v) is 12.2. The van der Waals surface area contributed by atoms with Crippen molar-refractivity contribution in [2.45, 2.75) is 58.3 Å². The van der Waals surface area contributed by atoms with Crippen LogP contribution in [0.15, 0.2) is 24.3 Å². The molecule has 0 aliphatic heterocycles. The molecule has 0 spiro atoms. The van der Waals surface area contributed by atoms with E-state index in [0.29, 0.717) is 24.3 Å². The van der Waals surface area contributed by atoms with Crippen LogP contribution < -0.4 is 10.6 Å². The summed E-state index contributed by atoms with van der Waals surface area (Å²) in [5.74, 6) is -1.17. The Bertz CT molecular complexity index is 713. The Morgan fingerprint density at radius 1 is 1.18 bits per heavy atom. The molecule has 0 radical (unpaired) electrons. The van der Waals surface area contributed by atoms with Crippen LogP contribution in [-0.2, 0) is 18.8 Å².